The highest BCUT2D eigenvalue weighted by molar-refractivity contribution is 9.10. The van der Waals surface area contributed by atoms with Gasteiger partial charge in [0.25, 0.3) is 5.91 Å². The molecule has 1 aromatic heterocycles. The van der Waals surface area contributed by atoms with Crippen LogP contribution < -0.4 is 10.2 Å². The first kappa shape index (κ1) is 19.3. The molecule has 7 heteroatoms. The van der Waals surface area contributed by atoms with Crippen LogP contribution in [-0.2, 0) is 0 Å². The van der Waals surface area contributed by atoms with Gasteiger partial charge in [0.1, 0.15) is 0 Å². The van der Waals surface area contributed by atoms with E-state index in [-0.39, 0.29) is 5.91 Å². The lowest BCUT2D eigenvalue weighted by molar-refractivity contribution is 0.0942. The summed E-state index contributed by atoms with van der Waals surface area (Å²) in [6.07, 6.45) is 3.24. The summed E-state index contributed by atoms with van der Waals surface area (Å²) in [6, 6.07) is 18.4. The van der Waals surface area contributed by atoms with Gasteiger partial charge in [-0.15, -0.1) is 5.10 Å². The number of amides is 1. The zero-order valence-corrected chi connectivity index (χ0v) is 18.3. The average Bonchev–Trinajstić information content (AvgIpc) is 3.33. The molecule has 1 saturated carbocycles. The number of hydrogen-bond donors (Lipinski definition) is 1. The first-order valence-electron chi connectivity index (χ1n) is 10.5. The molecular weight excluding hydrogens is 442 g/mol. The van der Waals surface area contributed by atoms with Crippen LogP contribution in [0, 0.1) is 5.92 Å². The van der Waals surface area contributed by atoms with Gasteiger partial charge < -0.3 is 10.2 Å². The topological polar surface area (TPSA) is 63.1 Å². The van der Waals surface area contributed by atoms with Gasteiger partial charge in [-0.05, 0) is 61.6 Å². The summed E-state index contributed by atoms with van der Waals surface area (Å²) in [5, 5.41) is 11.7. The lowest BCUT2D eigenvalue weighted by atomic mass is 10.1. The van der Waals surface area contributed by atoms with Crippen molar-refractivity contribution in [3.05, 3.63) is 70.5 Å². The fourth-order valence-electron chi connectivity index (χ4n) is 4.14. The highest BCUT2D eigenvalue weighted by atomic mass is 79.9. The first-order valence-corrected chi connectivity index (χ1v) is 11.3. The second-order valence-corrected chi connectivity index (χ2v) is 9.05. The third-order valence-corrected chi connectivity index (χ3v) is 6.44. The molecule has 0 spiro atoms. The van der Waals surface area contributed by atoms with E-state index >= 15 is 0 Å². The number of rotatable bonds is 6. The quantitative estimate of drug-likeness (QED) is 0.593. The molecule has 2 heterocycles. The van der Waals surface area contributed by atoms with Gasteiger partial charge in [0.2, 0.25) is 0 Å². The van der Waals surface area contributed by atoms with Crippen LogP contribution in [-0.4, -0.2) is 40.5 Å². The van der Waals surface area contributed by atoms with Crippen LogP contribution in [0.4, 0.5) is 5.69 Å². The van der Waals surface area contributed by atoms with Gasteiger partial charge >= 0.3 is 0 Å². The molecule has 0 bridgehead atoms. The van der Waals surface area contributed by atoms with Crippen LogP contribution in [0.25, 0.3) is 5.69 Å². The molecule has 1 atom stereocenters. The van der Waals surface area contributed by atoms with Crippen LogP contribution in [0.3, 0.4) is 0 Å². The van der Waals surface area contributed by atoms with Crippen LogP contribution in [0.5, 0.6) is 0 Å². The van der Waals surface area contributed by atoms with E-state index in [1.807, 2.05) is 35.0 Å². The summed E-state index contributed by atoms with van der Waals surface area (Å²) in [7, 11) is 0. The van der Waals surface area contributed by atoms with Crippen molar-refractivity contribution < 1.29 is 4.79 Å². The van der Waals surface area contributed by atoms with Gasteiger partial charge in [0, 0.05) is 35.7 Å². The lowest BCUT2D eigenvalue weighted by Gasteiger charge is -2.18. The maximum atomic E-state index is 13.0. The Morgan fingerprint density at radius 3 is 2.53 bits per heavy atom. The number of nitrogens with zero attached hydrogens (tertiary/aromatic N) is 4. The Hall–Kier alpha value is -2.67. The van der Waals surface area contributed by atoms with Crippen molar-refractivity contribution in [2.45, 2.75) is 25.2 Å². The van der Waals surface area contributed by atoms with E-state index in [0.29, 0.717) is 24.1 Å². The molecule has 1 N–H and O–H groups in total. The summed E-state index contributed by atoms with van der Waals surface area (Å²) in [5.74, 6) is 0.697. The molecule has 1 aliphatic carbocycles. The summed E-state index contributed by atoms with van der Waals surface area (Å²) in [5.41, 5.74) is 3.59. The lowest BCUT2D eigenvalue weighted by Crippen LogP contribution is -2.31. The zero-order chi connectivity index (χ0) is 20.5. The molecular formula is C23H24BrN5O. The number of anilines is 1. The van der Waals surface area contributed by atoms with Crippen molar-refractivity contribution >= 4 is 27.5 Å². The van der Waals surface area contributed by atoms with E-state index in [9.17, 15) is 4.79 Å². The Kier molecular flexibility index (Phi) is 5.29. The normalized spacial score (nSPS) is 18.6. The van der Waals surface area contributed by atoms with Crippen molar-refractivity contribution in [2.75, 3.05) is 24.5 Å². The third-order valence-electron chi connectivity index (χ3n) is 5.91. The van der Waals surface area contributed by atoms with Gasteiger partial charge in [-0.2, -0.15) is 0 Å². The standard InChI is InChI=1S/C23H24BrN5O/c24-18-8-10-20(11-9-18)29-22(17-6-7-17)21(26-27-29)23(30)25-14-16-12-13-28(15-16)19-4-2-1-3-5-19/h1-5,8-11,16-17H,6-7,12-15H2,(H,25,30). The molecule has 3 aromatic rings. The summed E-state index contributed by atoms with van der Waals surface area (Å²) < 4.78 is 2.84. The van der Waals surface area contributed by atoms with Crippen molar-refractivity contribution in [1.82, 2.24) is 20.3 Å². The Morgan fingerprint density at radius 1 is 1.03 bits per heavy atom. The number of benzene rings is 2. The molecule has 1 saturated heterocycles. The number of carbonyl (C=O) groups excluding carboxylic acids is 1. The molecule has 1 aliphatic heterocycles. The molecule has 2 fully saturated rings. The van der Waals surface area contributed by atoms with E-state index in [2.05, 4.69) is 60.7 Å². The maximum Gasteiger partial charge on any atom is 0.273 e. The first-order chi connectivity index (χ1) is 14.7. The minimum absolute atomic E-state index is 0.113. The van der Waals surface area contributed by atoms with Crippen LogP contribution >= 0.6 is 15.9 Å². The van der Waals surface area contributed by atoms with Gasteiger partial charge in [-0.3, -0.25) is 4.79 Å². The summed E-state index contributed by atoms with van der Waals surface area (Å²) in [6.45, 7) is 2.65. The number of carbonyl (C=O) groups is 1. The summed E-state index contributed by atoms with van der Waals surface area (Å²) in [4.78, 5) is 15.3. The van der Waals surface area contributed by atoms with Crippen molar-refractivity contribution in [2.24, 2.45) is 5.92 Å². The van der Waals surface area contributed by atoms with Crippen molar-refractivity contribution in [3.63, 3.8) is 0 Å². The predicted molar refractivity (Wildman–Crippen MR) is 120 cm³/mol. The van der Waals surface area contributed by atoms with Gasteiger partial charge in [0.15, 0.2) is 5.69 Å². The molecule has 30 heavy (non-hydrogen) atoms. The maximum absolute atomic E-state index is 13.0. The third kappa shape index (κ3) is 3.99. The smallest absolute Gasteiger partial charge is 0.273 e. The number of nitrogens with one attached hydrogen (secondary N) is 1. The number of aromatic nitrogens is 3. The fraction of sp³-hybridized carbons (Fsp3) is 0.348. The van der Waals surface area contributed by atoms with Gasteiger partial charge in [-0.1, -0.05) is 39.3 Å². The van der Waals surface area contributed by atoms with E-state index in [0.717, 1.165) is 48.2 Å². The Morgan fingerprint density at radius 2 is 1.80 bits per heavy atom. The van der Waals surface area contributed by atoms with Crippen LogP contribution in [0.2, 0.25) is 0 Å². The molecule has 2 aromatic carbocycles. The highest BCUT2D eigenvalue weighted by Gasteiger charge is 2.34. The van der Waals surface area contributed by atoms with E-state index in [1.165, 1.54) is 5.69 Å². The largest absolute Gasteiger partial charge is 0.371 e. The minimum atomic E-state index is -0.113. The number of hydrogen-bond acceptors (Lipinski definition) is 4. The second kappa shape index (κ2) is 8.22. The average molecular weight is 466 g/mol. The Bertz CT molecular complexity index is 1030. The molecule has 2 aliphatic rings. The fourth-order valence-corrected chi connectivity index (χ4v) is 4.40. The molecule has 154 valence electrons. The van der Waals surface area contributed by atoms with Crippen molar-refractivity contribution in [3.8, 4) is 5.69 Å². The monoisotopic (exact) mass is 465 g/mol. The molecule has 1 unspecified atom stereocenters. The van der Waals surface area contributed by atoms with E-state index < -0.39 is 0 Å². The van der Waals surface area contributed by atoms with Gasteiger partial charge in [-0.25, -0.2) is 4.68 Å². The van der Waals surface area contributed by atoms with Gasteiger partial charge in [0.05, 0.1) is 11.4 Å². The Balaban J connectivity index is 1.26. The van der Waals surface area contributed by atoms with E-state index in [4.69, 9.17) is 0 Å². The van der Waals surface area contributed by atoms with Crippen LogP contribution in [0.15, 0.2) is 59.1 Å². The highest BCUT2D eigenvalue weighted by Crippen LogP contribution is 2.42. The molecule has 5 rings (SSSR count). The zero-order valence-electron chi connectivity index (χ0n) is 16.7. The number of para-hydroxylation sites is 1. The Labute approximate surface area is 184 Å². The predicted octanol–water partition coefficient (Wildman–Crippen LogP) is 4.16. The molecule has 1 amide bonds. The second-order valence-electron chi connectivity index (χ2n) is 8.13. The SMILES string of the molecule is O=C(NCC1CCN(c2ccccc2)C1)c1nnn(-c2ccc(Br)cc2)c1C1CC1. The van der Waals surface area contributed by atoms with Crippen molar-refractivity contribution in [1.29, 1.82) is 0 Å². The number of halogens is 1. The summed E-state index contributed by atoms with van der Waals surface area (Å²) >= 11 is 3.47. The molecule has 6 nitrogen and oxygen atoms in total. The minimum Gasteiger partial charge on any atom is -0.371 e. The van der Waals surface area contributed by atoms with E-state index in [1.54, 1.807) is 0 Å². The van der Waals surface area contributed by atoms with Crippen LogP contribution in [0.1, 0.15) is 41.4 Å². The molecule has 0 radical (unpaired) electrons.